The molecule has 68 valence electrons. The van der Waals surface area contributed by atoms with Gasteiger partial charge in [-0.05, 0) is 46.4 Å². The van der Waals surface area contributed by atoms with E-state index in [-0.39, 0.29) is 5.82 Å². The third-order valence-electron chi connectivity index (χ3n) is 1.81. The zero-order chi connectivity index (χ0) is 9.42. The second-order valence-corrected chi connectivity index (χ2v) is 5.46. The molecular formula is C9H6FIS2. The molecule has 0 saturated heterocycles. The van der Waals surface area contributed by atoms with E-state index in [9.17, 15) is 4.39 Å². The van der Waals surface area contributed by atoms with Gasteiger partial charge in [0.1, 0.15) is 5.82 Å². The summed E-state index contributed by atoms with van der Waals surface area (Å²) in [5.41, 5.74) is 0. The van der Waals surface area contributed by atoms with Crippen molar-refractivity contribution in [2.75, 3.05) is 6.26 Å². The molecule has 2 aromatic rings. The maximum Gasteiger partial charge on any atom is 0.145 e. The predicted molar refractivity (Wildman–Crippen MR) is 66.3 cm³/mol. The molecule has 2 rings (SSSR count). The molecule has 1 aromatic carbocycles. The number of fused-ring (bicyclic) bond motifs is 1. The Bertz CT molecular complexity index is 450. The topological polar surface area (TPSA) is 0 Å². The first-order valence-corrected chi connectivity index (χ1v) is 6.81. The highest BCUT2D eigenvalue weighted by molar-refractivity contribution is 14.1. The van der Waals surface area contributed by atoms with Crippen molar-refractivity contribution >= 4 is 55.8 Å². The monoisotopic (exact) mass is 324 g/mol. The van der Waals surface area contributed by atoms with Gasteiger partial charge in [0.25, 0.3) is 0 Å². The normalized spacial score (nSPS) is 11.0. The van der Waals surface area contributed by atoms with Crippen molar-refractivity contribution in [2.24, 2.45) is 0 Å². The van der Waals surface area contributed by atoms with Gasteiger partial charge in [0, 0.05) is 10.3 Å². The largest absolute Gasteiger partial charge is 0.205 e. The lowest BCUT2D eigenvalue weighted by Crippen LogP contribution is -1.83. The number of thiophene rings is 1. The number of benzene rings is 1. The van der Waals surface area contributed by atoms with Crippen molar-refractivity contribution in [3.63, 3.8) is 0 Å². The van der Waals surface area contributed by atoms with Gasteiger partial charge in [-0.25, -0.2) is 4.39 Å². The average Bonchev–Trinajstić information content (AvgIpc) is 2.60. The fraction of sp³-hybridized carbons (Fsp3) is 0.111. The van der Waals surface area contributed by atoms with Crippen LogP contribution >= 0.6 is 45.7 Å². The summed E-state index contributed by atoms with van der Waals surface area (Å²) in [6, 6.07) is 3.75. The van der Waals surface area contributed by atoms with Crippen LogP contribution in [-0.2, 0) is 0 Å². The van der Waals surface area contributed by atoms with Gasteiger partial charge in [-0.1, -0.05) is 0 Å². The minimum absolute atomic E-state index is 0.0883. The highest BCUT2D eigenvalue weighted by Crippen LogP contribution is 2.34. The van der Waals surface area contributed by atoms with Gasteiger partial charge in [0.2, 0.25) is 0 Å². The maximum atomic E-state index is 13.5. The Morgan fingerprint density at radius 1 is 1.54 bits per heavy atom. The van der Waals surface area contributed by atoms with E-state index in [1.165, 1.54) is 0 Å². The summed E-state index contributed by atoms with van der Waals surface area (Å²) in [5, 5.41) is 2.69. The SMILES string of the molecule is CSc1cc(I)c(F)c2ccsc12. The summed E-state index contributed by atoms with van der Waals surface area (Å²) >= 11 is 5.30. The van der Waals surface area contributed by atoms with Crippen LogP contribution in [0.4, 0.5) is 4.39 Å². The molecule has 0 nitrogen and oxygen atoms in total. The van der Waals surface area contributed by atoms with Gasteiger partial charge >= 0.3 is 0 Å². The molecule has 0 N–H and O–H groups in total. The molecule has 0 bridgehead atoms. The number of rotatable bonds is 1. The molecule has 0 aliphatic heterocycles. The molecule has 0 aliphatic rings. The van der Waals surface area contributed by atoms with Crippen LogP contribution in [0.25, 0.3) is 10.1 Å². The van der Waals surface area contributed by atoms with Crippen LogP contribution in [0.1, 0.15) is 0 Å². The quantitative estimate of drug-likeness (QED) is 0.555. The van der Waals surface area contributed by atoms with Crippen molar-refractivity contribution < 1.29 is 4.39 Å². The fourth-order valence-electron chi connectivity index (χ4n) is 1.20. The van der Waals surface area contributed by atoms with Crippen molar-refractivity contribution in [3.05, 3.63) is 26.9 Å². The number of halogens is 2. The van der Waals surface area contributed by atoms with E-state index < -0.39 is 0 Å². The molecule has 0 spiro atoms. The summed E-state index contributed by atoms with van der Waals surface area (Å²) in [6.07, 6.45) is 2.02. The zero-order valence-corrected chi connectivity index (χ0v) is 10.6. The minimum Gasteiger partial charge on any atom is -0.205 e. The van der Waals surface area contributed by atoms with Crippen LogP contribution in [0.5, 0.6) is 0 Å². The third kappa shape index (κ3) is 1.59. The first kappa shape index (κ1) is 9.73. The van der Waals surface area contributed by atoms with Crippen molar-refractivity contribution in [2.45, 2.75) is 4.90 Å². The Morgan fingerprint density at radius 2 is 2.31 bits per heavy atom. The first-order valence-electron chi connectivity index (χ1n) is 3.63. The van der Waals surface area contributed by atoms with Crippen molar-refractivity contribution in [1.29, 1.82) is 0 Å². The van der Waals surface area contributed by atoms with Crippen LogP contribution in [0.3, 0.4) is 0 Å². The molecule has 13 heavy (non-hydrogen) atoms. The van der Waals surface area contributed by atoms with Gasteiger partial charge in [0.15, 0.2) is 0 Å². The van der Waals surface area contributed by atoms with E-state index >= 15 is 0 Å². The zero-order valence-electron chi connectivity index (χ0n) is 6.80. The molecule has 0 saturated carbocycles. The van der Waals surface area contributed by atoms with E-state index in [0.29, 0.717) is 3.57 Å². The van der Waals surface area contributed by atoms with Crippen molar-refractivity contribution in [3.8, 4) is 0 Å². The van der Waals surface area contributed by atoms with E-state index in [0.717, 1.165) is 15.0 Å². The van der Waals surface area contributed by atoms with Gasteiger partial charge in [-0.2, -0.15) is 0 Å². The molecule has 4 heteroatoms. The van der Waals surface area contributed by atoms with Crippen LogP contribution in [0.2, 0.25) is 0 Å². The Labute approximate surface area is 97.7 Å². The second-order valence-electron chi connectivity index (χ2n) is 2.54. The van der Waals surface area contributed by atoms with Crippen molar-refractivity contribution in [1.82, 2.24) is 0 Å². The number of thioether (sulfide) groups is 1. The first-order chi connectivity index (χ1) is 6.24. The highest BCUT2D eigenvalue weighted by Gasteiger charge is 2.10. The Kier molecular flexibility index (Phi) is 2.80. The lowest BCUT2D eigenvalue weighted by molar-refractivity contribution is 0.632. The van der Waals surface area contributed by atoms with E-state index in [2.05, 4.69) is 0 Å². The Balaban J connectivity index is 2.87. The maximum absolute atomic E-state index is 13.5. The summed E-state index contributed by atoms with van der Waals surface area (Å²) in [7, 11) is 0. The minimum atomic E-state index is -0.0883. The highest BCUT2D eigenvalue weighted by atomic mass is 127. The summed E-state index contributed by atoms with van der Waals surface area (Å²) in [5.74, 6) is -0.0883. The number of hydrogen-bond donors (Lipinski definition) is 0. The summed E-state index contributed by atoms with van der Waals surface area (Å²) in [4.78, 5) is 1.16. The molecule has 0 atom stereocenters. The van der Waals surface area contributed by atoms with Gasteiger partial charge in [-0.15, -0.1) is 23.1 Å². The van der Waals surface area contributed by atoms with E-state index in [4.69, 9.17) is 0 Å². The molecule has 0 unspecified atom stereocenters. The molecule has 0 fully saturated rings. The molecule has 0 amide bonds. The lowest BCUT2D eigenvalue weighted by Gasteiger charge is -2.01. The smallest absolute Gasteiger partial charge is 0.145 e. The summed E-state index contributed by atoms with van der Waals surface area (Å²) < 4.78 is 15.3. The Morgan fingerprint density at radius 3 is 3.00 bits per heavy atom. The molecule has 1 aromatic heterocycles. The molecular weight excluding hydrogens is 318 g/mol. The predicted octanol–water partition coefficient (Wildman–Crippen LogP) is 4.37. The second kappa shape index (κ2) is 3.74. The molecule has 0 radical (unpaired) electrons. The van der Waals surface area contributed by atoms with Crippen LogP contribution in [0.15, 0.2) is 22.4 Å². The number of hydrogen-bond acceptors (Lipinski definition) is 2. The summed E-state index contributed by atoms with van der Waals surface area (Å²) in [6.45, 7) is 0. The fourth-order valence-corrected chi connectivity index (χ4v) is 3.74. The molecule has 0 aliphatic carbocycles. The van der Waals surface area contributed by atoms with E-state index in [1.54, 1.807) is 23.1 Å². The van der Waals surface area contributed by atoms with Crippen LogP contribution in [-0.4, -0.2) is 6.26 Å². The van der Waals surface area contributed by atoms with Gasteiger partial charge in [0.05, 0.1) is 8.27 Å². The van der Waals surface area contributed by atoms with Gasteiger partial charge in [-0.3, -0.25) is 0 Å². The van der Waals surface area contributed by atoms with E-state index in [1.807, 2.05) is 46.4 Å². The Hall–Kier alpha value is 0.190. The standard InChI is InChI=1S/C9H6FIS2/c1-12-7-4-6(11)8(10)5-2-3-13-9(5)7/h2-4H,1H3. The average molecular weight is 324 g/mol. The molecule has 1 heterocycles. The van der Waals surface area contributed by atoms with Crippen LogP contribution < -0.4 is 0 Å². The third-order valence-corrected chi connectivity index (χ3v) is 4.44. The lowest BCUT2D eigenvalue weighted by atomic mass is 10.2. The van der Waals surface area contributed by atoms with Crippen LogP contribution in [0, 0.1) is 9.39 Å². The van der Waals surface area contributed by atoms with Gasteiger partial charge < -0.3 is 0 Å².